The van der Waals surface area contributed by atoms with Gasteiger partial charge < -0.3 is 18.6 Å². The Balaban J connectivity index is 1.09. The highest BCUT2D eigenvalue weighted by Crippen LogP contribution is 2.49. The van der Waals surface area contributed by atoms with Crippen molar-refractivity contribution >= 4 is 96.6 Å². The lowest BCUT2D eigenvalue weighted by Crippen LogP contribution is -2.60. The van der Waals surface area contributed by atoms with Crippen LogP contribution in [0, 0.1) is 0 Å². The topological polar surface area (TPSA) is 36.0 Å². The van der Waals surface area contributed by atoms with E-state index in [4.69, 9.17) is 8.83 Å². The van der Waals surface area contributed by atoms with E-state index in [1.165, 1.54) is 5.46 Å². The standard InChI is InChI=1S/C58H38BN3O2/c1-6-19-39(20-7-1)41-35-42(40-21-8-2-9-22-40)37-47(36-41)62-51-31-18-30-50-55(51)59(54-48-29-16-17-32-52(48)64-58(54)62)57-56(61(50)45-27-14-5-15-28-45)49-38-46(33-34-53(49)63-57)60(43-23-10-3-11-24-43)44-25-12-4-13-26-44/h1-38H. The molecule has 9 aromatic carbocycles. The summed E-state index contributed by atoms with van der Waals surface area (Å²) in [5.41, 5.74) is 17.8. The minimum atomic E-state index is -0.267. The van der Waals surface area contributed by atoms with Crippen LogP contribution in [0.2, 0.25) is 0 Å². The van der Waals surface area contributed by atoms with Crippen LogP contribution in [0.5, 0.6) is 0 Å². The second kappa shape index (κ2) is 14.6. The van der Waals surface area contributed by atoms with Crippen molar-refractivity contribution in [2.24, 2.45) is 0 Å². The first-order chi connectivity index (χ1) is 31.8. The van der Waals surface area contributed by atoms with Gasteiger partial charge in [-0.1, -0.05) is 140 Å². The summed E-state index contributed by atoms with van der Waals surface area (Å²) in [6.07, 6.45) is 0. The lowest BCUT2D eigenvalue weighted by atomic mass is 9.35. The van der Waals surface area contributed by atoms with Crippen molar-refractivity contribution < 1.29 is 8.83 Å². The third-order valence-corrected chi connectivity index (χ3v) is 12.8. The Morgan fingerprint density at radius 1 is 0.359 bits per heavy atom. The van der Waals surface area contributed by atoms with Crippen molar-refractivity contribution in [2.45, 2.75) is 0 Å². The van der Waals surface area contributed by atoms with E-state index in [0.717, 1.165) is 107 Å². The largest absolute Gasteiger partial charge is 0.468 e. The van der Waals surface area contributed by atoms with Gasteiger partial charge in [0.25, 0.3) is 0 Å². The summed E-state index contributed by atoms with van der Waals surface area (Å²) in [6, 6.07) is 81.8. The summed E-state index contributed by atoms with van der Waals surface area (Å²) < 4.78 is 14.4. The minimum Gasteiger partial charge on any atom is -0.468 e. The van der Waals surface area contributed by atoms with Crippen LogP contribution in [0.15, 0.2) is 239 Å². The molecular weight excluding hydrogens is 781 g/mol. The SMILES string of the molecule is c1ccc(-c2cc(-c3ccccc3)cc(N3c4cccc5c4B(c4oc6ccc(N(c7ccccc7)c7ccccc7)cc6c4N5c4ccccc4)c4c3oc3ccccc43)c2)cc1. The highest BCUT2D eigenvalue weighted by atomic mass is 16.4. The van der Waals surface area contributed by atoms with E-state index in [9.17, 15) is 0 Å². The maximum atomic E-state index is 7.29. The normalized spacial score (nSPS) is 12.6. The second-order valence-electron chi connectivity index (χ2n) is 16.5. The molecule has 0 amide bonds. The van der Waals surface area contributed by atoms with Crippen LogP contribution in [0.3, 0.4) is 0 Å². The number of benzene rings is 9. The molecule has 13 rings (SSSR count). The van der Waals surface area contributed by atoms with Crippen molar-refractivity contribution in [2.75, 3.05) is 14.7 Å². The molecule has 64 heavy (non-hydrogen) atoms. The Kier molecular flexibility index (Phi) is 8.24. The highest BCUT2D eigenvalue weighted by Gasteiger charge is 2.49. The van der Waals surface area contributed by atoms with E-state index >= 15 is 0 Å². The van der Waals surface area contributed by atoms with Crippen LogP contribution < -0.4 is 31.3 Å². The molecule has 0 atom stereocenters. The van der Waals surface area contributed by atoms with E-state index in [2.05, 4.69) is 245 Å². The van der Waals surface area contributed by atoms with E-state index < -0.39 is 0 Å². The summed E-state index contributed by atoms with van der Waals surface area (Å²) in [5, 5.41) is 2.10. The van der Waals surface area contributed by atoms with Crippen molar-refractivity contribution in [3.8, 4) is 22.3 Å². The quantitative estimate of drug-likeness (QED) is 0.150. The van der Waals surface area contributed by atoms with Crippen molar-refractivity contribution in [3.63, 3.8) is 0 Å². The Bertz CT molecular complexity index is 3420. The summed E-state index contributed by atoms with van der Waals surface area (Å²) in [7, 11) is 0. The van der Waals surface area contributed by atoms with Gasteiger partial charge in [0.15, 0.2) is 0 Å². The van der Waals surface area contributed by atoms with Crippen molar-refractivity contribution in [3.05, 3.63) is 231 Å². The molecule has 0 aliphatic carbocycles. The maximum Gasteiger partial charge on any atom is 0.302 e. The molecule has 0 saturated carbocycles. The van der Waals surface area contributed by atoms with Crippen LogP contribution in [-0.4, -0.2) is 6.71 Å². The van der Waals surface area contributed by atoms with E-state index in [1.807, 2.05) is 0 Å². The van der Waals surface area contributed by atoms with Crippen LogP contribution in [0.1, 0.15) is 0 Å². The number of fused-ring (bicyclic) bond motifs is 8. The molecule has 2 aromatic heterocycles. The lowest BCUT2D eigenvalue weighted by molar-refractivity contribution is 0.622. The first-order valence-electron chi connectivity index (χ1n) is 21.8. The Morgan fingerprint density at radius 3 is 1.55 bits per heavy atom. The fraction of sp³-hybridized carbons (Fsp3) is 0. The predicted octanol–water partition coefficient (Wildman–Crippen LogP) is 14.1. The molecule has 0 bridgehead atoms. The summed E-state index contributed by atoms with van der Waals surface area (Å²) in [5.74, 6) is 0.791. The lowest BCUT2D eigenvalue weighted by Gasteiger charge is -2.40. The van der Waals surface area contributed by atoms with E-state index in [0.29, 0.717) is 0 Å². The zero-order chi connectivity index (χ0) is 42.1. The average molecular weight is 820 g/mol. The van der Waals surface area contributed by atoms with Gasteiger partial charge >= 0.3 is 6.71 Å². The molecule has 2 aliphatic heterocycles. The van der Waals surface area contributed by atoms with Crippen LogP contribution in [0.25, 0.3) is 44.2 Å². The van der Waals surface area contributed by atoms with Gasteiger partial charge in [0, 0.05) is 50.4 Å². The molecule has 300 valence electrons. The Morgan fingerprint density at radius 2 is 0.906 bits per heavy atom. The molecule has 5 nitrogen and oxygen atoms in total. The average Bonchev–Trinajstić information content (AvgIpc) is 3.94. The predicted molar refractivity (Wildman–Crippen MR) is 266 cm³/mol. The third-order valence-electron chi connectivity index (χ3n) is 12.8. The van der Waals surface area contributed by atoms with Gasteiger partial charge in [-0.2, -0.15) is 0 Å². The Hall–Kier alpha value is -8.48. The molecular formula is C58H38BN3O2. The number of anilines is 9. The minimum absolute atomic E-state index is 0.267. The first-order valence-corrected chi connectivity index (χ1v) is 21.8. The van der Waals surface area contributed by atoms with Crippen LogP contribution >= 0.6 is 0 Å². The molecule has 2 aliphatic rings. The number of hydrogen-bond acceptors (Lipinski definition) is 5. The summed E-state index contributed by atoms with van der Waals surface area (Å²) in [4.78, 5) is 7.07. The molecule has 0 fully saturated rings. The van der Waals surface area contributed by atoms with Gasteiger partial charge in [-0.3, -0.25) is 4.90 Å². The van der Waals surface area contributed by atoms with Gasteiger partial charge in [-0.15, -0.1) is 0 Å². The molecule has 0 spiro atoms. The molecule has 0 radical (unpaired) electrons. The maximum absolute atomic E-state index is 7.29. The zero-order valence-corrected chi connectivity index (χ0v) is 34.7. The highest BCUT2D eigenvalue weighted by molar-refractivity contribution is 7.01. The summed E-state index contributed by atoms with van der Waals surface area (Å²) in [6.45, 7) is -0.267. The van der Waals surface area contributed by atoms with Gasteiger partial charge in [0.1, 0.15) is 11.2 Å². The van der Waals surface area contributed by atoms with Crippen LogP contribution in [0.4, 0.5) is 51.4 Å². The summed E-state index contributed by atoms with van der Waals surface area (Å²) >= 11 is 0. The molecule has 0 N–H and O–H groups in total. The second-order valence-corrected chi connectivity index (χ2v) is 16.5. The number of nitrogens with zero attached hydrogens (tertiary/aromatic N) is 3. The van der Waals surface area contributed by atoms with Gasteiger partial charge in [0.05, 0.1) is 17.0 Å². The number of rotatable bonds is 7. The first kappa shape index (κ1) is 36.2. The van der Waals surface area contributed by atoms with Gasteiger partial charge in [0.2, 0.25) is 5.88 Å². The van der Waals surface area contributed by atoms with E-state index in [1.54, 1.807) is 0 Å². The van der Waals surface area contributed by atoms with Crippen LogP contribution in [-0.2, 0) is 0 Å². The Labute approximate surface area is 371 Å². The molecule has 6 heteroatoms. The molecule has 11 aromatic rings. The number of furan rings is 2. The zero-order valence-electron chi connectivity index (χ0n) is 34.7. The number of hydrogen-bond donors (Lipinski definition) is 0. The van der Waals surface area contributed by atoms with Gasteiger partial charge in [-0.25, -0.2) is 0 Å². The van der Waals surface area contributed by atoms with E-state index in [-0.39, 0.29) is 6.71 Å². The molecule has 4 heterocycles. The fourth-order valence-corrected chi connectivity index (χ4v) is 10.1. The molecule has 0 saturated heterocycles. The van der Waals surface area contributed by atoms with Gasteiger partial charge in [-0.05, 0) is 119 Å². The van der Waals surface area contributed by atoms with Crippen molar-refractivity contribution in [1.29, 1.82) is 0 Å². The molecule has 0 unspecified atom stereocenters. The fourth-order valence-electron chi connectivity index (χ4n) is 10.1. The number of para-hydroxylation sites is 4. The van der Waals surface area contributed by atoms with Crippen molar-refractivity contribution in [1.82, 2.24) is 0 Å². The third kappa shape index (κ3) is 5.66. The smallest absolute Gasteiger partial charge is 0.302 e. The monoisotopic (exact) mass is 819 g/mol.